The molecule has 1 fully saturated rings. The topological polar surface area (TPSA) is 54.9 Å². The zero-order valence-corrected chi connectivity index (χ0v) is 15.1. The number of hydrogen-bond acceptors (Lipinski definition) is 5. The van der Waals surface area contributed by atoms with Gasteiger partial charge in [0.25, 0.3) is 0 Å². The maximum Gasteiger partial charge on any atom is 0.231 e. The van der Waals surface area contributed by atoms with E-state index in [2.05, 4.69) is 11.1 Å². The molecule has 1 aromatic carbocycles. The number of amides is 1. The Morgan fingerprint density at radius 1 is 1.23 bits per heavy atom. The molecule has 2 aromatic rings. The standard InChI is InChI=1S/C20H23N3O3/c1-22(2)19-12-15(7-8-21-19)16-4-3-9-23(16)20(24)11-14-5-6-17-18(10-14)26-13-25-17/h5-8,10,12,16H,3-4,9,11,13H2,1-2H3. The minimum atomic E-state index is 0.123. The van der Waals surface area contributed by atoms with Crippen molar-refractivity contribution in [2.24, 2.45) is 0 Å². The number of likely N-dealkylation sites (tertiary alicyclic amines) is 1. The normalized spacial score (nSPS) is 18.2. The van der Waals surface area contributed by atoms with Crippen molar-refractivity contribution in [2.45, 2.75) is 25.3 Å². The molecule has 2 aliphatic heterocycles. The summed E-state index contributed by atoms with van der Waals surface area (Å²) >= 11 is 0. The molecule has 6 nitrogen and oxygen atoms in total. The fourth-order valence-corrected chi connectivity index (χ4v) is 3.62. The maximum atomic E-state index is 12.9. The van der Waals surface area contributed by atoms with Gasteiger partial charge in [-0.3, -0.25) is 4.79 Å². The summed E-state index contributed by atoms with van der Waals surface area (Å²) in [6.45, 7) is 1.05. The third kappa shape index (κ3) is 3.19. The van der Waals surface area contributed by atoms with Gasteiger partial charge in [-0.2, -0.15) is 0 Å². The number of ether oxygens (including phenoxy) is 2. The molecule has 1 amide bonds. The summed E-state index contributed by atoms with van der Waals surface area (Å²) in [6, 6.07) is 9.94. The Morgan fingerprint density at radius 3 is 2.92 bits per heavy atom. The number of benzene rings is 1. The predicted molar refractivity (Wildman–Crippen MR) is 98.5 cm³/mol. The highest BCUT2D eigenvalue weighted by atomic mass is 16.7. The number of rotatable bonds is 4. The summed E-state index contributed by atoms with van der Waals surface area (Å²) in [5, 5.41) is 0. The molecule has 136 valence electrons. The molecule has 1 aromatic heterocycles. The van der Waals surface area contributed by atoms with Crippen LogP contribution in [-0.2, 0) is 11.2 Å². The number of fused-ring (bicyclic) bond motifs is 1. The smallest absolute Gasteiger partial charge is 0.231 e. The van der Waals surface area contributed by atoms with E-state index in [1.165, 1.54) is 0 Å². The summed E-state index contributed by atoms with van der Waals surface area (Å²) in [4.78, 5) is 21.3. The number of carbonyl (C=O) groups is 1. The van der Waals surface area contributed by atoms with Crippen LogP contribution in [0.5, 0.6) is 11.5 Å². The molecule has 0 spiro atoms. The van der Waals surface area contributed by atoms with E-state index in [9.17, 15) is 4.79 Å². The molecule has 0 N–H and O–H groups in total. The van der Waals surface area contributed by atoms with Gasteiger partial charge in [0.1, 0.15) is 5.82 Å². The van der Waals surface area contributed by atoms with Crippen LogP contribution < -0.4 is 14.4 Å². The largest absolute Gasteiger partial charge is 0.454 e. The monoisotopic (exact) mass is 353 g/mol. The fourth-order valence-electron chi connectivity index (χ4n) is 3.62. The predicted octanol–water partition coefficient (Wildman–Crippen LogP) is 2.78. The van der Waals surface area contributed by atoms with Gasteiger partial charge in [-0.1, -0.05) is 6.07 Å². The number of aromatic nitrogens is 1. The quantitative estimate of drug-likeness (QED) is 0.846. The second-order valence-electron chi connectivity index (χ2n) is 6.95. The summed E-state index contributed by atoms with van der Waals surface area (Å²) in [5.74, 6) is 2.53. The Labute approximate surface area is 153 Å². The first-order valence-electron chi connectivity index (χ1n) is 8.93. The highest BCUT2D eigenvalue weighted by Gasteiger charge is 2.30. The van der Waals surface area contributed by atoms with Crippen LogP contribution >= 0.6 is 0 Å². The lowest BCUT2D eigenvalue weighted by Gasteiger charge is -2.26. The lowest BCUT2D eigenvalue weighted by atomic mass is 10.0. The number of pyridine rings is 1. The Bertz CT molecular complexity index is 822. The first-order valence-corrected chi connectivity index (χ1v) is 8.93. The summed E-state index contributed by atoms with van der Waals surface area (Å²) < 4.78 is 10.7. The van der Waals surface area contributed by atoms with Gasteiger partial charge in [0.15, 0.2) is 11.5 Å². The second-order valence-corrected chi connectivity index (χ2v) is 6.95. The molecule has 0 bridgehead atoms. The summed E-state index contributed by atoms with van der Waals surface area (Å²) in [7, 11) is 3.95. The van der Waals surface area contributed by atoms with E-state index >= 15 is 0 Å². The number of nitrogens with zero attached hydrogens (tertiary/aromatic N) is 3. The van der Waals surface area contributed by atoms with E-state index in [4.69, 9.17) is 9.47 Å². The Hall–Kier alpha value is -2.76. The van der Waals surface area contributed by atoms with Crippen LogP contribution in [0, 0.1) is 0 Å². The molecule has 6 heteroatoms. The molecule has 4 rings (SSSR count). The van der Waals surface area contributed by atoms with Crippen molar-refractivity contribution in [1.82, 2.24) is 9.88 Å². The first kappa shape index (κ1) is 16.7. The zero-order valence-electron chi connectivity index (χ0n) is 15.1. The molecule has 2 aliphatic rings. The van der Waals surface area contributed by atoms with Crippen molar-refractivity contribution in [3.05, 3.63) is 47.7 Å². The van der Waals surface area contributed by atoms with E-state index in [-0.39, 0.29) is 18.7 Å². The van der Waals surface area contributed by atoms with Crippen LogP contribution in [0.2, 0.25) is 0 Å². The highest BCUT2D eigenvalue weighted by Crippen LogP contribution is 2.35. The van der Waals surface area contributed by atoms with Crippen molar-refractivity contribution < 1.29 is 14.3 Å². The van der Waals surface area contributed by atoms with Gasteiger partial charge in [-0.25, -0.2) is 4.98 Å². The third-order valence-corrected chi connectivity index (χ3v) is 4.98. The van der Waals surface area contributed by atoms with E-state index in [0.29, 0.717) is 6.42 Å². The van der Waals surface area contributed by atoms with Crippen LogP contribution in [0.25, 0.3) is 0 Å². The molecule has 1 unspecified atom stereocenters. The van der Waals surface area contributed by atoms with Gasteiger partial charge < -0.3 is 19.3 Å². The molecule has 1 saturated heterocycles. The molecule has 26 heavy (non-hydrogen) atoms. The van der Waals surface area contributed by atoms with Crippen molar-refractivity contribution in [1.29, 1.82) is 0 Å². The van der Waals surface area contributed by atoms with E-state index in [1.807, 2.05) is 54.4 Å². The molecule has 3 heterocycles. The highest BCUT2D eigenvalue weighted by molar-refractivity contribution is 5.80. The summed E-state index contributed by atoms with van der Waals surface area (Å²) in [6.07, 6.45) is 4.21. The van der Waals surface area contributed by atoms with Crippen molar-refractivity contribution in [3.8, 4) is 11.5 Å². The van der Waals surface area contributed by atoms with E-state index < -0.39 is 0 Å². The minimum absolute atomic E-state index is 0.123. The minimum Gasteiger partial charge on any atom is -0.454 e. The zero-order chi connectivity index (χ0) is 18.1. The molecular formula is C20H23N3O3. The van der Waals surface area contributed by atoms with Crippen molar-refractivity contribution in [2.75, 3.05) is 32.3 Å². The average molecular weight is 353 g/mol. The van der Waals surface area contributed by atoms with Gasteiger partial charge in [-0.05, 0) is 48.2 Å². The maximum absolute atomic E-state index is 12.9. The molecule has 1 atom stereocenters. The van der Waals surface area contributed by atoms with Gasteiger partial charge in [0, 0.05) is 26.8 Å². The lowest BCUT2D eigenvalue weighted by molar-refractivity contribution is -0.131. The fraction of sp³-hybridized carbons (Fsp3) is 0.400. The number of carbonyl (C=O) groups excluding carboxylic acids is 1. The van der Waals surface area contributed by atoms with Crippen molar-refractivity contribution in [3.63, 3.8) is 0 Å². The Balaban J connectivity index is 1.51. The van der Waals surface area contributed by atoms with Crippen LogP contribution in [-0.4, -0.2) is 43.2 Å². The van der Waals surface area contributed by atoms with Gasteiger partial charge in [0.2, 0.25) is 12.7 Å². The average Bonchev–Trinajstić information content (AvgIpc) is 3.30. The van der Waals surface area contributed by atoms with E-state index in [1.54, 1.807) is 0 Å². The molecular weight excluding hydrogens is 330 g/mol. The van der Waals surface area contributed by atoms with Crippen LogP contribution in [0.3, 0.4) is 0 Å². The van der Waals surface area contributed by atoms with Crippen LogP contribution in [0.4, 0.5) is 5.82 Å². The second kappa shape index (κ2) is 6.86. The van der Waals surface area contributed by atoms with Crippen LogP contribution in [0.15, 0.2) is 36.5 Å². The third-order valence-electron chi connectivity index (χ3n) is 4.98. The first-order chi connectivity index (χ1) is 12.6. The van der Waals surface area contributed by atoms with Gasteiger partial charge in [-0.15, -0.1) is 0 Å². The van der Waals surface area contributed by atoms with Gasteiger partial charge in [0.05, 0.1) is 12.5 Å². The molecule has 0 saturated carbocycles. The molecule has 0 aliphatic carbocycles. The van der Waals surface area contributed by atoms with E-state index in [0.717, 1.165) is 47.8 Å². The van der Waals surface area contributed by atoms with Gasteiger partial charge >= 0.3 is 0 Å². The van der Waals surface area contributed by atoms with Crippen molar-refractivity contribution >= 4 is 11.7 Å². The van der Waals surface area contributed by atoms with Crippen LogP contribution in [0.1, 0.15) is 30.0 Å². The SMILES string of the molecule is CN(C)c1cc(C2CCCN2C(=O)Cc2ccc3c(c2)OCO3)ccn1. The molecule has 0 radical (unpaired) electrons. The Morgan fingerprint density at radius 2 is 2.08 bits per heavy atom. The lowest BCUT2D eigenvalue weighted by Crippen LogP contribution is -2.32. The Kier molecular flexibility index (Phi) is 4.41. The number of hydrogen-bond donors (Lipinski definition) is 0. The number of anilines is 1. The summed E-state index contributed by atoms with van der Waals surface area (Å²) in [5.41, 5.74) is 2.11.